The molecule has 0 spiro atoms. The van der Waals surface area contributed by atoms with Gasteiger partial charge < -0.3 is 5.11 Å². The van der Waals surface area contributed by atoms with Gasteiger partial charge in [0.15, 0.2) is 0 Å². The Hall–Kier alpha value is -0.790. The molecule has 1 rings (SSSR count). The Kier molecular flexibility index (Phi) is 5.43. The second kappa shape index (κ2) is 5.81. The van der Waals surface area contributed by atoms with E-state index >= 15 is 0 Å². The summed E-state index contributed by atoms with van der Waals surface area (Å²) in [5.74, 6) is -0.771. The van der Waals surface area contributed by atoms with Crippen molar-refractivity contribution in [2.24, 2.45) is 5.92 Å². The SMILES string of the molecule is CC.CC1=CC[C@@H](C(=O)O)CC1. The summed E-state index contributed by atoms with van der Waals surface area (Å²) < 4.78 is 0. The first kappa shape index (κ1) is 11.2. The molecular formula is C10H18O2. The molecule has 0 aromatic rings. The minimum absolute atomic E-state index is 0.122. The lowest BCUT2D eigenvalue weighted by Crippen LogP contribution is -2.15. The molecule has 0 bridgehead atoms. The molecule has 0 aliphatic heterocycles. The van der Waals surface area contributed by atoms with Crippen LogP contribution in [0.15, 0.2) is 11.6 Å². The van der Waals surface area contributed by atoms with Crippen molar-refractivity contribution in [1.29, 1.82) is 0 Å². The molecule has 0 aromatic carbocycles. The molecule has 1 N–H and O–H groups in total. The van der Waals surface area contributed by atoms with E-state index in [2.05, 4.69) is 6.92 Å². The molecule has 2 nitrogen and oxygen atoms in total. The van der Waals surface area contributed by atoms with Crippen molar-refractivity contribution in [2.45, 2.75) is 40.0 Å². The van der Waals surface area contributed by atoms with Crippen LogP contribution in [0.2, 0.25) is 0 Å². The Morgan fingerprint density at radius 3 is 2.50 bits per heavy atom. The van der Waals surface area contributed by atoms with Gasteiger partial charge in [0.25, 0.3) is 0 Å². The van der Waals surface area contributed by atoms with Crippen LogP contribution >= 0.6 is 0 Å². The van der Waals surface area contributed by atoms with Crippen molar-refractivity contribution in [3.63, 3.8) is 0 Å². The summed E-state index contributed by atoms with van der Waals surface area (Å²) in [6, 6.07) is 0. The third-order valence-electron chi connectivity index (χ3n) is 1.99. The zero-order valence-corrected chi connectivity index (χ0v) is 8.13. The Labute approximate surface area is 74.3 Å². The van der Waals surface area contributed by atoms with E-state index in [1.807, 2.05) is 19.9 Å². The summed E-state index contributed by atoms with van der Waals surface area (Å²) in [7, 11) is 0. The van der Waals surface area contributed by atoms with E-state index in [-0.39, 0.29) is 5.92 Å². The van der Waals surface area contributed by atoms with Crippen LogP contribution in [0.4, 0.5) is 0 Å². The Morgan fingerprint density at radius 2 is 2.17 bits per heavy atom. The smallest absolute Gasteiger partial charge is 0.306 e. The minimum atomic E-state index is -0.649. The van der Waals surface area contributed by atoms with Gasteiger partial charge >= 0.3 is 5.97 Å². The molecule has 0 radical (unpaired) electrons. The zero-order chi connectivity index (χ0) is 9.56. The highest BCUT2D eigenvalue weighted by Crippen LogP contribution is 2.22. The van der Waals surface area contributed by atoms with Crippen molar-refractivity contribution < 1.29 is 9.90 Å². The van der Waals surface area contributed by atoms with Crippen LogP contribution in [0.25, 0.3) is 0 Å². The quantitative estimate of drug-likeness (QED) is 0.614. The fourth-order valence-corrected chi connectivity index (χ4v) is 1.19. The maximum absolute atomic E-state index is 10.4. The second-order valence-electron chi connectivity index (χ2n) is 2.86. The molecule has 1 aliphatic rings. The molecule has 0 heterocycles. The molecule has 70 valence electrons. The highest BCUT2D eigenvalue weighted by atomic mass is 16.4. The van der Waals surface area contributed by atoms with E-state index < -0.39 is 5.97 Å². The molecule has 0 fully saturated rings. The van der Waals surface area contributed by atoms with Crippen molar-refractivity contribution in [3.8, 4) is 0 Å². The van der Waals surface area contributed by atoms with Gasteiger partial charge in [-0.15, -0.1) is 0 Å². The van der Waals surface area contributed by atoms with Crippen LogP contribution in [0.3, 0.4) is 0 Å². The van der Waals surface area contributed by atoms with Gasteiger partial charge in [-0.2, -0.15) is 0 Å². The summed E-state index contributed by atoms with van der Waals surface area (Å²) in [6.07, 6.45) is 4.53. The van der Waals surface area contributed by atoms with Gasteiger partial charge in [-0.1, -0.05) is 25.5 Å². The summed E-state index contributed by atoms with van der Waals surface area (Å²) >= 11 is 0. The molecule has 1 atom stereocenters. The molecule has 0 saturated heterocycles. The Bertz CT molecular complexity index is 171. The predicted octanol–water partition coefficient (Wildman–Crippen LogP) is 2.84. The molecule has 0 amide bonds. The highest BCUT2D eigenvalue weighted by molar-refractivity contribution is 5.70. The van der Waals surface area contributed by atoms with E-state index in [1.165, 1.54) is 5.57 Å². The van der Waals surface area contributed by atoms with Gasteiger partial charge in [0, 0.05) is 0 Å². The van der Waals surface area contributed by atoms with Crippen LogP contribution in [0.5, 0.6) is 0 Å². The largest absolute Gasteiger partial charge is 0.481 e. The average molecular weight is 170 g/mol. The first-order chi connectivity index (χ1) is 5.70. The molecular weight excluding hydrogens is 152 g/mol. The van der Waals surface area contributed by atoms with Gasteiger partial charge in [0.2, 0.25) is 0 Å². The summed E-state index contributed by atoms with van der Waals surface area (Å²) in [4.78, 5) is 10.4. The van der Waals surface area contributed by atoms with Crippen LogP contribution in [-0.4, -0.2) is 11.1 Å². The topological polar surface area (TPSA) is 37.3 Å². The van der Waals surface area contributed by atoms with Crippen molar-refractivity contribution in [2.75, 3.05) is 0 Å². The van der Waals surface area contributed by atoms with Gasteiger partial charge in [0.05, 0.1) is 5.92 Å². The Morgan fingerprint density at radius 1 is 1.58 bits per heavy atom. The van der Waals surface area contributed by atoms with Gasteiger partial charge in [0.1, 0.15) is 0 Å². The summed E-state index contributed by atoms with van der Waals surface area (Å²) in [6.45, 7) is 6.05. The van der Waals surface area contributed by atoms with Crippen LogP contribution in [-0.2, 0) is 4.79 Å². The average Bonchev–Trinajstić information content (AvgIpc) is 2.09. The monoisotopic (exact) mass is 170 g/mol. The maximum atomic E-state index is 10.4. The molecule has 1 aliphatic carbocycles. The predicted molar refractivity (Wildman–Crippen MR) is 50.1 cm³/mol. The van der Waals surface area contributed by atoms with E-state index in [9.17, 15) is 4.79 Å². The number of aliphatic carboxylic acids is 1. The molecule has 0 unspecified atom stereocenters. The zero-order valence-electron chi connectivity index (χ0n) is 8.13. The van der Waals surface area contributed by atoms with E-state index in [1.54, 1.807) is 0 Å². The van der Waals surface area contributed by atoms with E-state index in [0.29, 0.717) is 0 Å². The van der Waals surface area contributed by atoms with Gasteiger partial charge in [-0.25, -0.2) is 0 Å². The molecule has 12 heavy (non-hydrogen) atoms. The van der Waals surface area contributed by atoms with Gasteiger partial charge in [-0.05, 0) is 26.2 Å². The lowest BCUT2D eigenvalue weighted by atomic mass is 9.90. The third kappa shape index (κ3) is 3.56. The maximum Gasteiger partial charge on any atom is 0.306 e. The van der Waals surface area contributed by atoms with Crippen molar-refractivity contribution in [3.05, 3.63) is 11.6 Å². The summed E-state index contributed by atoms with van der Waals surface area (Å²) in [5.41, 5.74) is 1.33. The first-order valence-electron chi connectivity index (χ1n) is 4.58. The van der Waals surface area contributed by atoms with Crippen LogP contribution in [0.1, 0.15) is 40.0 Å². The van der Waals surface area contributed by atoms with E-state index in [0.717, 1.165) is 19.3 Å². The number of allylic oxidation sites excluding steroid dienone is 2. The Balaban J connectivity index is 0.000000561. The third-order valence-corrected chi connectivity index (χ3v) is 1.99. The summed E-state index contributed by atoms with van der Waals surface area (Å²) in [5, 5.41) is 8.60. The lowest BCUT2D eigenvalue weighted by Gasteiger charge is -2.15. The van der Waals surface area contributed by atoms with E-state index in [4.69, 9.17) is 5.11 Å². The number of carbonyl (C=O) groups is 1. The standard InChI is InChI=1S/C8H12O2.C2H6/c1-6-2-4-7(5-3-6)8(9)10;1-2/h2,7H,3-5H2,1H3,(H,9,10);1-2H3/t7-;/m1./s1. The molecule has 2 heteroatoms. The lowest BCUT2D eigenvalue weighted by molar-refractivity contribution is -0.141. The van der Waals surface area contributed by atoms with Crippen molar-refractivity contribution >= 4 is 5.97 Å². The fraction of sp³-hybridized carbons (Fsp3) is 0.700. The number of hydrogen-bond donors (Lipinski definition) is 1. The molecule has 0 saturated carbocycles. The second-order valence-corrected chi connectivity index (χ2v) is 2.86. The van der Waals surface area contributed by atoms with Crippen LogP contribution in [0, 0.1) is 5.92 Å². The van der Waals surface area contributed by atoms with Gasteiger partial charge in [-0.3, -0.25) is 4.79 Å². The number of rotatable bonds is 1. The normalized spacial score (nSPS) is 21.9. The minimum Gasteiger partial charge on any atom is -0.481 e. The fourth-order valence-electron chi connectivity index (χ4n) is 1.19. The highest BCUT2D eigenvalue weighted by Gasteiger charge is 2.18. The number of hydrogen-bond acceptors (Lipinski definition) is 1. The molecule has 0 aromatic heterocycles. The van der Waals surface area contributed by atoms with Crippen molar-refractivity contribution in [1.82, 2.24) is 0 Å². The van der Waals surface area contributed by atoms with Crippen LogP contribution < -0.4 is 0 Å². The number of carboxylic acid groups (broad SMARTS) is 1. The number of carboxylic acids is 1. The first-order valence-corrected chi connectivity index (χ1v) is 4.58.